The van der Waals surface area contributed by atoms with Crippen molar-refractivity contribution in [2.24, 2.45) is 0 Å². The molecular formula is C14H21N7O2. The Kier molecular flexibility index (Phi) is 3.78. The highest BCUT2D eigenvalue weighted by Gasteiger charge is 2.30. The summed E-state index contributed by atoms with van der Waals surface area (Å²) in [6, 6.07) is 3.85. The number of hydrogen-bond acceptors (Lipinski definition) is 7. The van der Waals surface area contributed by atoms with Gasteiger partial charge in [-0.05, 0) is 50.3 Å². The second kappa shape index (κ2) is 5.64. The Morgan fingerprint density at radius 2 is 2.09 bits per heavy atom. The second-order valence-corrected chi connectivity index (χ2v) is 6.69. The van der Waals surface area contributed by atoms with Gasteiger partial charge < -0.3 is 14.5 Å². The second-order valence-electron chi connectivity index (χ2n) is 6.69. The standard InChI is InChI=1S/C14H21N7O2/c1-10-9-19(13(22)23-14(2,3)4)7-8-20(10)12-6-5-11-15-17-18-21(11)16-12/h5-6,10H,7-9H2,1-4H3. The van der Waals surface area contributed by atoms with E-state index in [2.05, 4.69) is 32.4 Å². The summed E-state index contributed by atoms with van der Waals surface area (Å²) in [5.41, 5.74) is 0.123. The predicted molar refractivity (Wildman–Crippen MR) is 83.2 cm³/mol. The van der Waals surface area contributed by atoms with E-state index in [0.29, 0.717) is 25.3 Å². The molecule has 9 nitrogen and oxygen atoms in total. The van der Waals surface area contributed by atoms with Gasteiger partial charge >= 0.3 is 6.09 Å². The summed E-state index contributed by atoms with van der Waals surface area (Å²) in [7, 11) is 0. The number of hydrogen-bond donors (Lipinski definition) is 0. The summed E-state index contributed by atoms with van der Waals surface area (Å²) in [6.45, 7) is 9.53. The van der Waals surface area contributed by atoms with E-state index in [9.17, 15) is 4.79 Å². The van der Waals surface area contributed by atoms with Crippen LogP contribution in [-0.4, -0.2) is 67.5 Å². The molecule has 1 atom stereocenters. The third kappa shape index (κ3) is 3.33. The van der Waals surface area contributed by atoms with Crippen molar-refractivity contribution in [2.75, 3.05) is 24.5 Å². The van der Waals surface area contributed by atoms with Crippen LogP contribution in [0, 0.1) is 0 Å². The third-order valence-corrected chi connectivity index (χ3v) is 3.63. The molecule has 1 saturated heterocycles. The summed E-state index contributed by atoms with van der Waals surface area (Å²) in [4.78, 5) is 16.1. The van der Waals surface area contributed by atoms with Crippen molar-refractivity contribution in [2.45, 2.75) is 39.3 Å². The van der Waals surface area contributed by atoms with Crippen molar-refractivity contribution >= 4 is 17.6 Å². The maximum Gasteiger partial charge on any atom is 0.410 e. The number of carbonyl (C=O) groups excluding carboxylic acids is 1. The van der Waals surface area contributed by atoms with Crippen LogP contribution < -0.4 is 4.90 Å². The van der Waals surface area contributed by atoms with E-state index in [4.69, 9.17) is 4.74 Å². The topological polar surface area (TPSA) is 88.8 Å². The minimum atomic E-state index is -0.482. The van der Waals surface area contributed by atoms with Gasteiger partial charge in [0.1, 0.15) is 5.60 Å². The highest BCUT2D eigenvalue weighted by Crippen LogP contribution is 2.20. The van der Waals surface area contributed by atoms with E-state index in [0.717, 1.165) is 5.82 Å². The minimum Gasteiger partial charge on any atom is -0.444 e. The maximum atomic E-state index is 12.2. The molecule has 0 N–H and O–H groups in total. The van der Waals surface area contributed by atoms with E-state index in [1.54, 1.807) is 4.90 Å². The summed E-state index contributed by atoms with van der Waals surface area (Å²) < 4.78 is 6.84. The Morgan fingerprint density at radius 3 is 2.78 bits per heavy atom. The van der Waals surface area contributed by atoms with E-state index >= 15 is 0 Å². The number of aromatic nitrogens is 5. The summed E-state index contributed by atoms with van der Waals surface area (Å²) in [6.07, 6.45) is -0.270. The summed E-state index contributed by atoms with van der Waals surface area (Å²) in [5, 5.41) is 15.7. The van der Waals surface area contributed by atoms with Gasteiger partial charge in [-0.3, -0.25) is 0 Å². The number of fused-ring (bicyclic) bond motifs is 1. The molecule has 1 aliphatic heterocycles. The number of anilines is 1. The van der Waals surface area contributed by atoms with Crippen molar-refractivity contribution in [3.05, 3.63) is 12.1 Å². The molecule has 0 aromatic carbocycles. The van der Waals surface area contributed by atoms with E-state index < -0.39 is 5.60 Å². The molecule has 0 bridgehead atoms. The Labute approximate surface area is 134 Å². The predicted octanol–water partition coefficient (Wildman–Crippen LogP) is 0.965. The molecule has 3 rings (SSSR count). The zero-order valence-electron chi connectivity index (χ0n) is 13.8. The lowest BCUT2D eigenvalue weighted by Crippen LogP contribution is -2.54. The van der Waals surface area contributed by atoms with Gasteiger partial charge in [0, 0.05) is 25.7 Å². The molecule has 23 heavy (non-hydrogen) atoms. The zero-order valence-corrected chi connectivity index (χ0v) is 13.8. The van der Waals surface area contributed by atoms with E-state index in [1.165, 1.54) is 4.63 Å². The molecule has 124 valence electrons. The molecule has 1 amide bonds. The molecule has 1 fully saturated rings. The first kappa shape index (κ1) is 15.4. The van der Waals surface area contributed by atoms with Crippen LogP contribution in [0.4, 0.5) is 10.6 Å². The van der Waals surface area contributed by atoms with Crippen LogP contribution in [-0.2, 0) is 4.74 Å². The molecule has 0 aliphatic carbocycles. The fourth-order valence-corrected chi connectivity index (χ4v) is 2.58. The number of piperazine rings is 1. The molecule has 9 heteroatoms. The lowest BCUT2D eigenvalue weighted by Gasteiger charge is -2.40. The number of tetrazole rings is 1. The van der Waals surface area contributed by atoms with Gasteiger partial charge in [-0.25, -0.2) is 4.79 Å². The zero-order chi connectivity index (χ0) is 16.6. The fourth-order valence-electron chi connectivity index (χ4n) is 2.58. The van der Waals surface area contributed by atoms with Crippen molar-refractivity contribution in [3.8, 4) is 0 Å². The largest absolute Gasteiger partial charge is 0.444 e. The molecular weight excluding hydrogens is 298 g/mol. The highest BCUT2D eigenvalue weighted by atomic mass is 16.6. The van der Waals surface area contributed by atoms with Crippen LogP contribution in [0.2, 0.25) is 0 Å². The van der Waals surface area contributed by atoms with Crippen LogP contribution in [0.1, 0.15) is 27.7 Å². The van der Waals surface area contributed by atoms with Gasteiger partial charge in [0.05, 0.1) is 0 Å². The van der Waals surface area contributed by atoms with Crippen LogP contribution in [0.25, 0.3) is 5.65 Å². The Bertz CT molecular complexity index is 708. The quantitative estimate of drug-likeness (QED) is 0.773. The third-order valence-electron chi connectivity index (χ3n) is 3.63. The number of carbonyl (C=O) groups is 1. The smallest absolute Gasteiger partial charge is 0.410 e. The lowest BCUT2D eigenvalue weighted by molar-refractivity contribution is 0.0218. The first-order valence-electron chi connectivity index (χ1n) is 7.63. The highest BCUT2D eigenvalue weighted by molar-refractivity contribution is 5.68. The normalized spacial score (nSPS) is 19.2. The molecule has 1 aliphatic rings. The van der Waals surface area contributed by atoms with Gasteiger partial charge in [-0.1, -0.05) is 0 Å². The molecule has 0 spiro atoms. The van der Waals surface area contributed by atoms with Gasteiger partial charge in [-0.15, -0.1) is 14.8 Å². The molecule has 2 aromatic rings. The monoisotopic (exact) mass is 319 g/mol. The summed E-state index contributed by atoms with van der Waals surface area (Å²) >= 11 is 0. The molecule has 1 unspecified atom stereocenters. The Balaban J connectivity index is 1.70. The van der Waals surface area contributed by atoms with Crippen molar-refractivity contribution in [1.82, 2.24) is 30.2 Å². The Morgan fingerprint density at radius 1 is 1.30 bits per heavy atom. The average molecular weight is 319 g/mol. The Hall–Kier alpha value is -2.45. The molecule has 0 saturated carbocycles. The van der Waals surface area contributed by atoms with Gasteiger partial charge in [0.25, 0.3) is 0 Å². The van der Waals surface area contributed by atoms with E-state index in [-0.39, 0.29) is 12.1 Å². The number of nitrogens with zero attached hydrogens (tertiary/aromatic N) is 7. The number of rotatable bonds is 1. The first-order chi connectivity index (χ1) is 10.8. The summed E-state index contributed by atoms with van der Waals surface area (Å²) in [5.74, 6) is 0.793. The number of ether oxygens (including phenoxy) is 1. The number of amides is 1. The van der Waals surface area contributed by atoms with Crippen LogP contribution in [0.15, 0.2) is 12.1 Å². The molecule has 2 aromatic heterocycles. The van der Waals surface area contributed by atoms with Gasteiger partial charge in [-0.2, -0.15) is 0 Å². The van der Waals surface area contributed by atoms with Crippen LogP contribution in [0.5, 0.6) is 0 Å². The molecule has 3 heterocycles. The average Bonchev–Trinajstić information content (AvgIpc) is 2.92. The van der Waals surface area contributed by atoms with Gasteiger partial charge in [0.2, 0.25) is 0 Å². The minimum absolute atomic E-state index is 0.123. The van der Waals surface area contributed by atoms with Crippen molar-refractivity contribution in [1.29, 1.82) is 0 Å². The van der Waals surface area contributed by atoms with Crippen molar-refractivity contribution in [3.63, 3.8) is 0 Å². The van der Waals surface area contributed by atoms with Gasteiger partial charge in [0.15, 0.2) is 11.5 Å². The van der Waals surface area contributed by atoms with Crippen LogP contribution >= 0.6 is 0 Å². The first-order valence-corrected chi connectivity index (χ1v) is 7.63. The van der Waals surface area contributed by atoms with Crippen LogP contribution in [0.3, 0.4) is 0 Å². The SMILES string of the molecule is CC1CN(C(=O)OC(C)(C)C)CCN1c1ccc2nnnn2n1. The lowest BCUT2D eigenvalue weighted by atomic mass is 10.2. The maximum absolute atomic E-state index is 12.2. The fraction of sp³-hybridized carbons (Fsp3) is 0.643. The van der Waals surface area contributed by atoms with Crippen molar-refractivity contribution < 1.29 is 9.53 Å². The molecule has 0 radical (unpaired) electrons. The van der Waals surface area contributed by atoms with E-state index in [1.807, 2.05) is 32.9 Å².